The summed E-state index contributed by atoms with van der Waals surface area (Å²) in [6.07, 6.45) is -0.147. The molecule has 4 nitrogen and oxygen atoms in total. The number of nitrogens with zero attached hydrogens (tertiary/aromatic N) is 1. The van der Waals surface area contributed by atoms with E-state index < -0.39 is 0 Å². The van der Waals surface area contributed by atoms with Crippen LogP contribution in [0.2, 0.25) is 0 Å². The van der Waals surface area contributed by atoms with Crippen LogP contribution in [0.3, 0.4) is 0 Å². The van der Waals surface area contributed by atoms with Crippen molar-refractivity contribution in [1.29, 1.82) is 0 Å². The van der Waals surface area contributed by atoms with Crippen LogP contribution in [0.5, 0.6) is 0 Å². The number of hydrogen-bond donors (Lipinski definition) is 1. The van der Waals surface area contributed by atoms with Crippen molar-refractivity contribution < 1.29 is 9.53 Å². The third-order valence-electron chi connectivity index (χ3n) is 3.93. The molecule has 0 aliphatic heterocycles. The summed E-state index contributed by atoms with van der Waals surface area (Å²) >= 11 is 0. The molecule has 23 heavy (non-hydrogen) atoms. The van der Waals surface area contributed by atoms with Gasteiger partial charge in [0.05, 0.1) is 5.56 Å². The van der Waals surface area contributed by atoms with E-state index in [-0.39, 0.29) is 30.4 Å². The average molecular weight is 337 g/mol. The van der Waals surface area contributed by atoms with Crippen molar-refractivity contribution in [3.8, 4) is 0 Å². The van der Waals surface area contributed by atoms with Crippen LogP contribution in [0.1, 0.15) is 24.2 Å². The van der Waals surface area contributed by atoms with E-state index in [1.165, 1.54) is 0 Å². The van der Waals surface area contributed by atoms with Gasteiger partial charge >= 0.3 is 5.97 Å². The lowest BCUT2D eigenvalue weighted by molar-refractivity contribution is 0.0189. The fourth-order valence-corrected chi connectivity index (χ4v) is 2.57. The highest BCUT2D eigenvalue weighted by atomic mass is 35.5. The number of esters is 1. The molecule has 0 amide bonds. The number of fused-ring (bicyclic) bond motifs is 1. The Kier molecular flexibility index (Phi) is 6.85. The summed E-state index contributed by atoms with van der Waals surface area (Å²) in [7, 11) is 4.02. The number of halogens is 1. The highest BCUT2D eigenvalue weighted by molar-refractivity contribution is 6.08. The molecule has 0 aromatic heterocycles. The number of carbonyl (C=O) groups excluding carboxylic acids is 1. The molecular weight excluding hydrogens is 312 g/mol. The standard InChI is InChI=1S/C18H24N2O2.ClH/c1-12(11-20(3)4)13(2)22-18(21)16-9-10-17(19)15-8-6-5-7-14(15)16;/h5-10,12-13H,11,19H2,1-4H3;1H. The van der Waals surface area contributed by atoms with Crippen LogP contribution in [0.15, 0.2) is 36.4 Å². The molecule has 2 aromatic rings. The highest BCUT2D eigenvalue weighted by Crippen LogP contribution is 2.25. The van der Waals surface area contributed by atoms with Gasteiger partial charge in [-0.1, -0.05) is 31.2 Å². The maximum absolute atomic E-state index is 12.5. The Balaban J connectivity index is 0.00000264. The molecule has 0 bridgehead atoms. The first-order valence-corrected chi connectivity index (χ1v) is 7.53. The van der Waals surface area contributed by atoms with Gasteiger partial charge in [-0.2, -0.15) is 0 Å². The largest absolute Gasteiger partial charge is 0.459 e. The average Bonchev–Trinajstić information content (AvgIpc) is 2.47. The first-order chi connectivity index (χ1) is 10.4. The summed E-state index contributed by atoms with van der Waals surface area (Å²) in [5.41, 5.74) is 7.20. The van der Waals surface area contributed by atoms with Gasteiger partial charge in [0.1, 0.15) is 6.10 Å². The number of nitrogen functional groups attached to an aromatic ring is 1. The van der Waals surface area contributed by atoms with Gasteiger partial charge in [0, 0.05) is 23.5 Å². The number of hydrogen-bond acceptors (Lipinski definition) is 4. The van der Waals surface area contributed by atoms with E-state index in [9.17, 15) is 4.79 Å². The smallest absolute Gasteiger partial charge is 0.339 e. The van der Waals surface area contributed by atoms with Crippen molar-refractivity contribution in [2.24, 2.45) is 5.92 Å². The minimum Gasteiger partial charge on any atom is -0.459 e. The number of benzene rings is 2. The van der Waals surface area contributed by atoms with Crippen molar-refractivity contribution in [3.05, 3.63) is 42.0 Å². The van der Waals surface area contributed by atoms with Gasteiger partial charge in [0.15, 0.2) is 0 Å². The van der Waals surface area contributed by atoms with Gasteiger partial charge in [-0.05, 0) is 38.5 Å². The second-order valence-corrected chi connectivity index (χ2v) is 6.10. The fourth-order valence-electron chi connectivity index (χ4n) is 2.57. The molecule has 2 rings (SSSR count). The molecule has 0 spiro atoms. The minimum atomic E-state index is -0.297. The van der Waals surface area contributed by atoms with E-state index in [1.807, 2.05) is 45.3 Å². The van der Waals surface area contributed by atoms with Crippen molar-refractivity contribution in [2.75, 3.05) is 26.4 Å². The Morgan fingerprint density at radius 2 is 1.74 bits per heavy atom. The number of nitrogens with two attached hydrogens (primary N) is 1. The molecule has 0 saturated heterocycles. The van der Waals surface area contributed by atoms with Crippen LogP contribution in [0, 0.1) is 5.92 Å². The van der Waals surface area contributed by atoms with Crippen LogP contribution in [-0.2, 0) is 4.74 Å². The Hall–Kier alpha value is -1.78. The van der Waals surface area contributed by atoms with Crippen molar-refractivity contribution >= 4 is 34.8 Å². The summed E-state index contributed by atoms with van der Waals surface area (Å²) < 4.78 is 5.64. The molecule has 0 aliphatic carbocycles. The van der Waals surface area contributed by atoms with Crippen LogP contribution in [-0.4, -0.2) is 37.6 Å². The monoisotopic (exact) mass is 336 g/mol. The van der Waals surface area contributed by atoms with Crippen molar-refractivity contribution in [1.82, 2.24) is 4.90 Å². The number of carbonyl (C=O) groups is 1. The maximum atomic E-state index is 12.5. The maximum Gasteiger partial charge on any atom is 0.339 e. The summed E-state index contributed by atoms with van der Waals surface area (Å²) in [5, 5.41) is 1.71. The number of rotatable bonds is 5. The Morgan fingerprint density at radius 1 is 1.13 bits per heavy atom. The Morgan fingerprint density at radius 3 is 2.35 bits per heavy atom. The van der Waals surface area contributed by atoms with E-state index >= 15 is 0 Å². The molecule has 2 aromatic carbocycles. The SMILES string of the molecule is CC(CN(C)C)C(C)OC(=O)c1ccc(N)c2ccccc12.Cl. The third kappa shape index (κ3) is 4.60. The molecule has 0 fully saturated rings. The topological polar surface area (TPSA) is 55.6 Å². The van der Waals surface area contributed by atoms with E-state index in [1.54, 1.807) is 12.1 Å². The van der Waals surface area contributed by atoms with E-state index in [4.69, 9.17) is 10.5 Å². The van der Waals surface area contributed by atoms with Gasteiger partial charge in [-0.25, -0.2) is 4.79 Å². The Bertz CT molecular complexity index is 673. The number of anilines is 1. The van der Waals surface area contributed by atoms with Gasteiger partial charge in [0.2, 0.25) is 0 Å². The molecule has 0 heterocycles. The predicted octanol–water partition coefficient (Wildman–Crippen LogP) is 3.59. The summed E-state index contributed by atoms with van der Waals surface area (Å²) in [5.74, 6) is -0.0340. The van der Waals surface area contributed by atoms with Gasteiger partial charge in [0.25, 0.3) is 0 Å². The summed E-state index contributed by atoms with van der Waals surface area (Å²) in [6.45, 7) is 4.89. The van der Waals surface area contributed by atoms with Gasteiger partial charge in [-0.3, -0.25) is 0 Å². The fraction of sp³-hybridized carbons (Fsp3) is 0.389. The van der Waals surface area contributed by atoms with Crippen molar-refractivity contribution in [3.63, 3.8) is 0 Å². The zero-order chi connectivity index (χ0) is 16.3. The molecule has 2 atom stereocenters. The summed E-state index contributed by atoms with van der Waals surface area (Å²) in [4.78, 5) is 14.6. The summed E-state index contributed by atoms with van der Waals surface area (Å²) in [6, 6.07) is 11.1. The quantitative estimate of drug-likeness (QED) is 0.669. The lowest BCUT2D eigenvalue weighted by Crippen LogP contribution is -2.30. The zero-order valence-corrected chi connectivity index (χ0v) is 14.9. The minimum absolute atomic E-state index is 0. The van der Waals surface area contributed by atoms with Crippen LogP contribution < -0.4 is 5.73 Å². The van der Waals surface area contributed by atoms with Crippen LogP contribution >= 0.6 is 12.4 Å². The van der Waals surface area contributed by atoms with E-state index in [2.05, 4.69) is 11.8 Å². The molecular formula is C18H25ClN2O2. The van der Waals surface area contributed by atoms with Gasteiger partial charge < -0.3 is 15.4 Å². The van der Waals surface area contributed by atoms with Crippen molar-refractivity contribution in [2.45, 2.75) is 20.0 Å². The van der Waals surface area contributed by atoms with E-state index in [0.29, 0.717) is 11.3 Å². The third-order valence-corrected chi connectivity index (χ3v) is 3.93. The molecule has 0 saturated carbocycles. The second kappa shape index (κ2) is 8.18. The van der Waals surface area contributed by atoms with Gasteiger partial charge in [-0.15, -0.1) is 12.4 Å². The first kappa shape index (κ1) is 19.3. The Labute approximate surface area is 144 Å². The molecule has 0 aliphatic rings. The van der Waals surface area contributed by atoms with Crippen LogP contribution in [0.25, 0.3) is 10.8 Å². The normalized spacial score (nSPS) is 13.4. The molecule has 5 heteroatoms. The molecule has 126 valence electrons. The molecule has 2 unspecified atom stereocenters. The lowest BCUT2D eigenvalue weighted by atomic mass is 10.0. The molecule has 2 N–H and O–H groups in total. The number of ether oxygens (including phenoxy) is 1. The van der Waals surface area contributed by atoms with Crippen LogP contribution in [0.4, 0.5) is 5.69 Å². The van der Waals surface area contributed by atoms with E-state index in [0.717, 1.165) is 17.3 Å². The lowest BCUT2D eigenvalue weighted by Gasteiger charge is -2.23. The molecule has 0 radical (unpaired) electrons. The second-order valence-electron chi connectivity index (χ2n) is 6.10. The highest BCUT2D eigenvalue weighted by Gasteiger charge is 2.20. The zero-order valence-electron chi connectivity index (χ0n) is 14.1. The first-order valence-electron chi connectivity index (χ1n) is 7.53. The predicted molar refractivity (Wildman–Crippen MR) is 98.2 cm³/mol.